The van der Waals surface area contributed by atoms with Gasteiger partial charge in [-0.15, -0.1) is 0 Å². The highest BCUT2D eigenvalue weighted by Gasteiger charge is 2.21. The molecular formula is C18H16FN5O2. The van der Waals surface area contributed by atoms with Crippen molar-refractivity contribution in [3.05, 3.63) is 45.6 Å². The normalized spacial score (nSPS) is 13.3. The number of nitrogens with two attached hydrogens (primary N) is 2. The second-order valence-electron chi connectivity index (χ2n) is 6.09. The van der Waals surface area contributed by atoms with Crippen LogP contribution in [0.25, 0.3) is 22.2 Å². The second-order valence-corrected chi connectivity index (χ2v) is 6.09. The zero-order chi connectivity index (χ0) is 18.4. The molecule has 6 N–H and O–H groups in total. The molecule has 132 valence electrons. The summed E-state index contributed by atoms with van der Waals surface area (Å²) in [6, 6.07) is 4.36. The minimum atomic E-state index is -0.640. The average Bonchev–Trinajstić information content (AvgIpc) is 2.64. The van der Waals surface area contributed by atoms with E-state index >= 15 is 0 Å². The van der Waals surface area contributed by atoms with E-state index in [9.17, 15) is 9.18 Å². The molecule has 0 unspecified atom stereocenters. The van der Waals surface area contributed by atoms with Crippen LogP contribution in [-0.4, -0.2) is 22.8 Å². The van der Waals surface area contributed by atoms with Gasteiger partial charge in [-0.1, -0.05) is 6.07 Å². The quantitative estimate of drug-likeness (QED) is 0.414. The van der Waals surface area contributed by atoms with Crippen LogP contribution in [0.4, 0.5) is 15.8 Å². The number of pyridine rings is 2. The lowest BCUT2D eigenvalue weighted by atomic mass is 9.96. The van der Waals surface area contributed by atoms with Gasteiger partial charge in [0.15, 0.2) is 0 Å². The summed E-state index contributed by atoms with van der Waals surface area (Å²) in [6.45, 7) is 0.596. The Hall–Kier alpha value is -3.42. The smallest absolute Gasteiger partial charge is 0.272 e. The van der Waals surface area contributed by atoms with Crippen molar-refractivity contribution in [1.82, 2.24) is 9.97 Å². The number of hydrogen-bond donors (Lipinski definition) is 4. The van der Waals surface area contributed by atoms with E-state index in [2.05, 4.69) is 9.97 Å². The molecular weight excluding hydrogens is 337 g/mol. The van der Waals surface area contributed by atoms with Crippen molar-refractivity contribution in [2.75, 3.05) is 18.1 Å². The number of hydrogen-bond acceptors (Lipinski definition) is 6. The topological polar surface area (TPSA) is 131 Å². The van der Waals surface area contributed by atoms with Crippen LogP contribution < -0.4 is 21.8 Å². The molecule has 3 aromatic rings. The van der Waals surface area contributed by atoms with Gasteiger partial charge in [-0.3, -0.25) is 4.79 Å². The molecule has 0 aliphatic carbocycles. The number of fused-ring (bicyclic) bond motifs is 2. The number of nitrogens with zero attached hydrogens (tertiary/aromatic N) is 1. The molecule has 1 aliphatic rings. The lowest BCUT2D eigenvalue weighted by Gasteiger charge is -2.19. The number of aromatic nitrogens is 2. The van der Waals surface area contributed by atoms with Crippen LogP contribution in [0.5, 0.6) is 5.75 Å². The lowest BCUT2D eigenvalue weighted by Crippen LogP contribution is -2.16. The summed E-state index contributed by atoms with van der Waals surface area (Å²) in [7, 11) is 0. The highest BCUT2D eigenvalue weighted by atomic mass is 19.1. The Morgan fingerprint density at radius 2 is 2.12 bits per heavy atom. The first-order valence-corrected chi connectivity index (χ1v) is 8.08. The Morgan fingerprint density at radius 1 is 1.31 bits per heavy atom. The molecule has 0 spiro atoms. The van der Waals surface area contributed by atoms with Crippen molar-refractivity contribution in [2.24, 2.45) is 0 Å². The Kier molecular flexibility index (Phi) is 3.61. The molecule has 0 amide bonds. The van der Waals surface area contributed by atoms with Gasteiger partial charge in [0.05, 0.1) is 29.0 Å². The summed E-state index contributed by atoms with van der Waals surface area (Å²) >= 11 is 0. The van der Waals surface area contributed by atoms with Crippen LogP contribution in [0.15, 0.2) is 23.0 Å². The Morgan fingerprint density at radius 3 is 2.88 bits per heavy atom. The molecule has 3 heterocycles. The number of aryl methyl sites for hydroxylation is 1. The van der Waals surface area contributed by atoms with Crippen molar-refractivity contribution < 1.29 is 9.13 Å². The minimum absolute atomic E-state index is 0.0595. The molecule has 7 nitrogen and oxygen atoms in total. The number of aromatic amines is 1. The van der Waals surface area contributed by atoms with E-state index in [0.717, 1.165) is 24.8 Å². The van der Waals surface area contributed by atoms with Gasteiger partial charge in [0.1, 0.15) is 17.3 Å². The molecule has 1 aliphatic heterocycles. The van der Waals surface area contributed by atoms with Crippen molar-refractivity contribution in [1.29, 1.82) is 5.41 Å². The molecule has 4 rings (SSSR count). The lowest BCUT2D eigenvalue weighted by molar-refractivity contribution is 0.285. The second kappa shape index (κ2) is 5.83. The van der Waals surface area contributed by atoms with Crippen molar-refractivity contribution in [3.63, 3.8) is 0 Å². The highest BCUT2D eigenvalue weighted by Crippen LogP contribution is 2.37. The number of H-pyrrole nitrogens is 1. The highest BCUT2D eigenvalue weighted by molar-refractivity contribution is 6.05. The number of benzene rings is 1. The third-order valence-electron chi connectivity index (χ3n) is 4.52. The van der Waals surface area contributed by atoms with Crippen LogP contribution in [0.2, 0.25) is 0 Å². The predicted octanol–water partition coefficient (Wildman–Crippen LogP) is 2.22. The Balaban J connectivity index is 2.13. The Labute approximate surface area is 147 Å². The summed E-state index contributed by atoms with van der Waals surface area (Å²) in [4.78, 5) is 19.7. The van der Waals surface area contributed by atoms with E-state index in [1.165, 1.54) is 12.1 Å². The molecule has 1 aromatic carbocycles. The molecule has 26 heavy (non-hydrogen) atoms. The largest absolute Gasteiger partial charge is 0.492 e. The molecule has 0 atom stereocenters. The van der Waals surface area contributed by atoms with E-state index in [1.807, 2.05) is 0 Å². The van der Waals surface area contributed by atoms with Crippen molar-refractivity contribution in [2.45, 2.75) is 12.8 Å². The van der Waals surface area contributed by atoms with Gasteiger partial charge >= 0.3 is 0 Å². The van der Waals surface area contributed by atoms with E-state index in [0.29, 0.717) is 34.5 Å². The molecule has 0 radical (unpaired) electrons. The fourth-order valence-electron chi connectivity index (χ4n) is 3.23. The van der Waals surface area contributed by atoms with Crippen LogP contribution in [0.1, 0.15) is 17.7 Å². The zero-order valence-electron chi connectivity index (χ0n) is 13.7. The van der Waals surface area contributed by atoms with Gasteiger partial charge < -0.3 is 26.6 Å². The zero-order valence-corrected chi connectivity index (χ0v) is 13.7. The molecule has 0 bridgehead atoms. The van der Waals surface area contributed by atoms with Crippen LogP contribution in [-0.2, 0) is 6.42 Å². The first-order chi connectivity index (χ1) is 12.5. The fourth-order valence-corrected chi connectivity index (χ4v) is 3.23. The third kappa shape index (κ3) is 2.30. The van der Waals surface area contributed by atoms with E-state index in [4.69, 9.17) is 21.6 Å². The SMILES string of the molecule is N=Cc1c(-c2c(N)c(=O)[nH]c3cc4c(nc23)CCCO4)ccc(F)c1N. The molecule has 2 aromatic heterocycles. The first-order valence-electron chi connectivity index (χ1n) is 8.08. The van der Waals surface area contributed by atoms with Gasteiger partial charge in [0, 0.05) is 23.4 Å². The van der Waals surface area contributed by atoms with E-state index in [1.54, 1.807) is 6.07 Å². The third-order valence-corrected chi connectivity index (χ3v) is 4.52. The first kappa shape index (κ1) is 16.1. The Bertz CT molecular complexity index is 1120. The predicted molar refractivity (Wildman–Crippen MR) is 98.3 cm³/mol. The fraction of sp³-hybridized carbons (Fsp3) is 0.167. The summed E-state index contributed by atoms with van der Waals surface area (Å²) < 4.78 is 19.4. The maximum atomic E-state index is 13.8. The number of nitrogen functional groups attached to an aromatic ring is 2. The van der Waals surface area contributed by atoms with Crippen molar-refractivity contribution >= 4 is 28.6 Å². The number of anilines is 2. The van der Waals surface area contributed by atoms with Crippen molar-refractivity contribution in [3.8, 4) is 16.9 Å². The number of rotatable bonds is 2. The summed E-state index contributed by atoms with van der Waals surface area (Å²) in [5.41, 5.74) is 13.7. The summed E-state index contributed by atoms with van der Waals surface area (Å²) in [6.07, 6.45) is 2.53. The maximum Gasteiger partial charge on any atom is 0.272 e. The molecule has 0 saturated heterocycles. The van der Waals surface area contributed by atoms with Crippen LogP contribution >= 0.6 is 0 Å². The molecule has 0 fully saturated rings. The van der Waals surface area contributed by atoms with Gasteiger partial charge in [-0.05, 0) is 24.5 Å². The van der Waals surface area contributed by atoms with Crippen LogP contribution in [0.3, 0.4) is 0 Å². The van der Waals surface area contributed by atoms with Crippen LogP contribution in [0, 0.1) is 11.2 Å². The van der Waals surface area contributed by atoms with E-state index in [-0.39, 0.29) is 16.9 Å². The number of halogens is 1. The van der Waals surface area contributed by atoms with Gasteiger partial charge in [0.2, 0.25) is 0 Å². The van der Waals surface area contributed by atoms with Gasteiger partial charge in [-0.2, -0.15) is 0 Å². The number of ether oxygens (including phenoxy) is 1. The van der Waals surface area contributed by atoms with Gasteiger partial charge in [0.25, 0.3) is 5.56 Å². The maximum absolute atomic E-state index is 13.8. The summed E-state index contributed by atoms with van der Waals surface area (Å²) in [5, 5.41) is 7.62. The molecule has 0 saturated carbocycles. The standard InChI is InChI=1S/C18H16FN5O2/c19-10-4-3-8(9(7-20)15(10)21)14-16(22)18(25)24-12-6-13-11(23-17(12)14)2-1-5-26-13/h3-4,6-7,20H,1-2,5,21-22H2,(H,24,25). The minimum Gasteiger partial charge on any atom is -0.492 e. The molecule has 8 heteroatoms. The monoisotopic (exact) mass is 353 g/mol. The van der Waals surface area contributed by atoms with Gasteiger partial charge in [-0.25, -0.2) is 9.37 Å². The van der Waals surface area contributed by atoms with E-state index < -0.39 is 11.4 Å². The summed E-state index contributed by atoms with van der Waals surface area (Å²) in [5.74, 6) is -0.0141. The average molecular weight is 353 g/mol. The number of nitrogens with one attached hydrogen (secondary N) is 2.